The van der Waals surface area contributed by atoms with Gasteiger partial charge in [0.2, 0.25) is 0 Å². The molecule has 1 aromatic rings. The van der Waals surface area contributed by atoms with Crippen molar-refractivity contribution in [1.29, 1.82) is 0 Å². The maximum absolute atomic E-state index is 11.2. The van der Waals surface area contributed by atoms with E-state index in [0.29, 0.717) is 26.2 Å². The van der Waals surface area contributed by atoms with Crippen molar-refractivity contribution in [2.75, 3.05) is 38.2 Å². The molecular formula is C13H18BrN3O3. The standard InChI is InChI=1S/C13H18BrN3O3/c1-13(20-2)8-16(6-7-17(9-13)12(18)19)11-5-3-4-10(14)15-11/h3-5H,6-9H2,1-2H3,(H,18,19). The largest absolute Gasteiger partial charge is 0.465 e. The van der Waals surface area contributed by atoms with E-state index in [4.69, 9.17) is 4.74 Å². The Balaban J connectivity index is 2.25. The van der Waals surface area contributed by atoms with Crippen molar-refractivity contribution in [3.63, 3.8) is 0 Å². The van der Waals surface area contributed by atoms with E-state index >= 15 is 0 Å². The highest BCUT2D eigenvalue weighted by atomic mass is 79.9. The fourth-order valence-corrected chi connectivity index (χ4v) is 2.65. The third-order valence-electron chi connectivity index (χ3n) is 3.48. The Morgan fingerprint density at radius 1 is 1.45 bits per heavy atom. The fourth-order valence-electron chi connectivity index (χ4n) is 2.32. The number of pyridine rings is 1. The zero-order chi connectivity index (χ0) is 14.8. The van der Waals surface area contributed by atoms with Crippen LogP contribution in [0.3, 0.4) is 0 Å². The van der Waals surface area contributed by atoms with Gasteiger partial charge in [0.1, 0.15) is 16.0 Å². The molecule has 1 amide bonds. The van der Waals surface area contributed by atoms with Crippen LogP contribution in [0.1, 0.15) is 6.92 Å². The number of halogens is 1. The SMILES string of the molecule is COC1(C)CN(C(=O)O)CCN(c2cccc(Br)n2)C1. The third-order valence-corrected chi connectivity index (χ3v) is 3.92. The van der Waals surface area contributed by atoms with Crippen molar-refractivity contribution in [2.24, 2.45) is 0 Å². The van der Waals surface area contributed by atoms with Crippen LogP contribution < -0.4 is 4.90 Å². The average Bonchev–Trinajstić information content (AvgIpc) is 2.59. The summed E-state index contributed by atoms with van der Waals surface area (Å²) in [6.45, 7) is 3.89. The van der Waals surface area contributed by atoms with Crippen molar-refractivity contribution < 1.29 is 14.6 Å². The molecule has 1 atom stereocenters. The first-order valence-electron chi connectivity index (χ1n) is 6.34. The summed E-state index contributed by atoms with van der Waals surface area (Å²) in [5.41, 5.74) is -0.557. The minimum atomic E-state index is -0.919. The number of ether oxygens (including phenoxy) is 1. The highest BCUT2D eigenvalue weighted by Gasteiger charge is 2.35. The summed E-state index contributed by atoms with van der Waals surface area (Å²) in [4.78, 5) is 19.1. The molecule has 0 spiro atoms. The smallest absolute Gasteiger partial charge is 0.407 e. The molecule has 110 valence electrons. The fraction of sp³-hybridized carbons (Fsp3) is 0.538. The molecule has 1 aromatic heterocycles. The molecule has 0 aromatic carbocycles. The van der Waals surface area contributed by atoms with Crippen LogP contribution in [0.15, 0.2) is 22.8 Å². The second-order valence-electron chi connectivity index (χ2n) is 5.10. The van der Waals surface area contributed by atoms with Gasteiger partial charge in [-0.05, 0) is 35.0 Å². The first-order valence-corrected chi connectivity index (χ1v) is 7.13. The highest BCUT2D eigenvalue weighted by Crippen LogP contribution is 2.23. The summed E-state index contributed by atoms with van der Waals surface area (Å²) in [5.74, 6) is 0.815. The summed E-state index contributed by atoms with van der Waals surface area (Å²) >= 11 is 3.36. The van der Waals surface area contributed by atoms with Crippen molar-refractivity contribution in [3.05, 3.63) is 22.8 Å². The second-order valence-corrected chi connectivity index (χ2v) is 5.91. The number of carbonyl (C=O) groups is 1. The lowest BCUT2D eigenvalue weighted by Crippen LogP contribution is -2.47. The Bertz CT molecular complexity index is 500. The van der Waals surface area contributed by atoms with Crippen LogP contribution in [0.5, 0.6) is 0 Å². The lowest BCUT2D eigenvalue weighted by molar-refractivity contribution is -0.00513. The van der Waals surface area contributed by atoms with Crippen LogP contribution in [0.25, 0.3) is 0 Å². The van der Waals surface area contributed by atoms with Crippen molar-refractivity contribution in [1.82, 2.24) is 9.88 Å². The molecule has 0 saturated carbocycles. The number of carboxylic acid groups (broad SMARTS) is 1. The molecule has 1 aliphatic heterocycles. The van der Waals surface area contributed by atoms with Gasteiger partial charge in [-0.1, -0.05) is 6.07 Å². The summed E-state index contributed by atoms with van der Waals surface area (Å²) in [6, 6.07) is 5.69. The van der Waals surface area contributed by atoms with Crippen molar-refractivity contribution >= 4 is 27.8 Å². The van der Waals surface area contributed by atoms with Gasteiger partial charge < -0.3 is 19.6 Å². The van der Waals surface area contributed by atoms with Crippen LogP contribution in [0, 0.1) is 0 Å². The molecular weight excluding hydrogens is 326 g/mol. The van der Waals surface area contributed by atoms with Gasteiger partial charge in [-0.25, -0.2) is 9.78 Å². The number of nitrogens with zero attached hydrogens (tertiary/aromatic N) is 3. The summed E-state index contributed by atoms with van der Waals surface area (Å²) < 4.78 is 6.29. The van der Waals surface area contributed by atoms with Crippen LogP contribution >= 0.6 is 15.9 Å². The predicted molar refractivity (Wildman–Crippen MR) is 79.2 cm³/mol. The number of hydrogen-bond acceptors (Lipinski definition) is 4. The molecule has 7 heteroatoms. The van der Waals surface area contributed by atoms with E-state index in [2.05, 4.69) is 25.8 Å². The normalized spacial score (nSPS) is 23.6. The van der Waals surface area contributed by atoms with Gasteiger partial charge in [-0.15, -0.1) is 0 Å². The monoisotopic (exact) mass is 343 g/mol. The van der Waals surface area contributed by atoms with Crippen LogP contribution in [-0.4, -0.2) is 60.0 Å². The number of amides is 1. The third kappa shape index (κ3) is 3.40. The first kappa shape index (κ1) is 15.1. The minimum absolute atomic E-state index is 0.351. The number of methoxy groups -OCH3 is 1. The van der Waals surface area contributed by atoms with Gasteiger partial charge in [0.15, 0.2) is 0 Å². The Morgan fingerprint density at radius 2 is 2.20 bits per heavy atom. The zero-order valence-electron chi connectivity index (χ0n) is 11.5. The molecule has 0 bridgehead atoms. The Hall–Kier alpha value is -1.34. The van der Waals surface area contributed by atoms with E-state index in [1.165, 1.54) is 4.90 Å². The predicted octanol–water partition coefficient (Wildman–Crippen LogP) is 2.05. The molecule has 1 saturated heterocycles. The van der Waals surface area contributed by atoms with Gasteiger partial charge in [-0.2, -0.15) is 0 Å². The highest BCUT2D eigenvalue weighted by molar-refractivity contribution is 9.10. The Kier molecular flexibility index (Phi) is 4.49. The van der Waals surface area contributed by atoms with Gasteiger partial charge in [0.25, 0.3) is 0 Å². The van der Waals surface area contributed by atoms with Gasteiger partial charge >= 0.3 is 6.09 Å². The number of anilines is 1. The lowest BCUT2D eigenvalue weighted by atomic mass is 10.1. The Morgan fingerprint density at radius 3 is 2.80 bits per heavy atom. The van der Waals surface area contributed by atoms with E-state index < -0.39 is 11.7 Å². The maximum Gasteiger partial charge on any atom is 0.407 e. The number of rotatable bonds is 2. The molecule has 1 unspecified atom stereocenters. The summed E-state index contributed by atoms with van der Waals surface area (Å²) in [5, 5.41) is 9.22. The van der Waals surface area contributed by atoms with Crippen LogP contribution in [-0.2, 0) is 4.74 Å². The first-order chi connectivity index (χ1) is 9.43. The Labute approximate surface area is 126 Å². The van der Waals surface area contributed by atoms with Gasteiger partial charge in [0.05, 0.1) is 6.54 Å². The van der Waals surface area contributed by atoms with Crippen LogP contribution in [0.2, 0.25) is 0 Å². The topological polar surface area (TPSA) is 65.9 Å². The van der Waals surface area contributed by atoms with E-state index in [9.17, 15) is 9.90 Å². The lowest BCUT2D eigenvalue weighted by Gasteiger charge is -2.32. The summed E-state index contributed by atoms with van der Waals surface area (Å²) in [6.07, 6.45) is -0.919. The zero-order valence-corrected chi connectivity index (χ0v) is 13.1. The second kappa shape index (κ2) is 5.97. The van der Waals surface area contributed by atoms with E-state index in [-0.39, 0.29) is 0 Å². The van der Waals surface area contributed by atoms with Crippen molar-refractivity contribution in [2.45, 2.75) is 12.5 Å². The molecule has 1 N–H and O–H groups in total. The van der Waals surface area contributed by atoms with Crippen molar-refractivity contribution in [3.8, 4) is 0 Å². The molecule has 0 radical (unpaired) electrons. The average molecular weight is 344 g/mol. The van der Waals surface area contributed by atoms with Crippen LogP contribution in [0.4, 0.5) is 10.6 Å². The van der Waals surface area contributed by atoms with Gasteiger partial charge in [-0.3, -0.25) is 0 Å². The molecule has 2 heterocycles. The number of aromatic nitrogens is 1. The van der Waals surface area contributed by atoms with E-state index in [1.807, 2.05) is 25.1 Å². The molecule has 1 fully saturated rings. The minimum Gasteiger partial charge on any atom is -0.465 e. The summed E-state index contributed by atoms with van der Waals surface area (Å²) in [7, 11) is 1.61. The number of hydrogen-bond donors (Lipinski definition) is 1. The maximum atomic E-state index is 11.2. The molecule has 1 aliphatic rings. The molecule has 6 nitrogen and oxygen atoms in total. The van der Waals surface area contributed by atoms with E-state index in [1.54, 1.807) is 7.11 Å². The molecule has 0 aliphatic carbocycles. The van der Waals surface area contributed by atoms with E-state index in [0.717, 1.165) is 10.4 Å². The quantitative estimate of drug-likeness (QED) is 0.832. The molecule has 2 rings (SSSR count). The van der Waals surface area contributed by atoms with Gasteiger partial charge in [0, 0.05) is 26.7 Å². The molecule has 20 heavy (non-hydrogen) atoms.